The van der Waals surface area contributed by atoms with Crippen LogP contribution in [0.1, 0.15) is 1.43 Å². The Bertz CT molecular complexity index is 378. The Kier molecular flexibility index (Phi) is 5.62. The van der Waals surface area contributed by atoms with Gasteiger partial charge in [-0.15, -0.1) is 6.58 Å². The van der Waals surface area contributed by atoms with Crippen LogP contribution in [0.25, 0.3) is 0 Å². The quantitative estimate of drug-likeness (QED) is 0.349. The van der Waals surface area contributed by atoms with E-state index in [1.54, 1.807) is 30.3 Å². The van der Waals surface area contributed by atoms with Gasteiger partial charge in [-0.2, -0.15) is 8.42 Å². The molecule has 72 valence electrons. The molecule has 0 aliphatic carbocycles. The molecule has 0 amide bonds. The van der Waals surface area contributed by atoms with Crippen LogP contribution < -0.4 is 23.0 Å². The fraction of sp³-hybridized carbons (Fsp3) is 0.111. The van der Waals surface area contributed by atoms with Gasteiger partial charge < -0.3 is 5.61 Å². The van der Waals surface area contributed by atoms with Crippen LogP contribution in [0.4, 0.5) is 0 Å². The van der Waals surface area contributed by atoms with Gasteiger partial charge in [0.1, 0.15) is 11.5 Å². The minimum atomic E-state index is -3.50. The Morgan fingerprint density at radius 2 is 1.93 bits per heavy atom. The van der Waals surface area contributed by atoms with Crippen molar-refractivity contribution in [2.24, 2.45) is 0 Å². The zero-order chi connectivity index (χ0) is 9.73. The normalized spacial score (nSPS) is 10.0. The topological polar surface area (TPSA) is 43.4 Å². The molecule has 14 heavy (non-hydrogen) atoms. The summed E-state index contributed by atoms with van der Waals surface area (Å²) in [6, 6.07) is 8.37. The molecule has 0 heterocycles. The second kappa shape index (κ2) is 5.92. The van der Waals surface area contributed by atoms with Gasteiger partial charge in [0.2, 0.25) is 0 Å². The first-order valence-corrected chi connectivity index (χ1v) is 5.30. The van der Waals surface area contributed by atoms with Crippen LogP contribution in [-0.2, 0) is 10.1 Å². The zero-order valence-electron chi connectivity index (χ0n) is 9.01. The van der Waals surface area contributed by atoms with E-state index in [1.807, 2.05) is 0 Å². The molecule has 0 spiro atoms. The van der Waals surface area contributed by atoms with E-state index in [1.165, 1.54) is 6.08 Å². The van der Waals surface area contributed by atoms with Crippen LogP contribution in [0.2, 0.25) is 0 Å². The molecule has 3 nitrogen and oxygen atoms in total. The minimum absolute atomic E-state index is 0. The second-order valence-corrected chi connectivity index (χ2v) is 4.02. The molecular formula is C9H11LiO3S. The molecule has 0 saturated heterocycles. The van der Waals surface area contributed by atoms with Gasteiger partial charge in [0, 0.05) is 0 Å². The van der Waals surface area contributed by atoms with E-state index in [4.69, 9.17) is 4.18 Å². The maximum Gasteiger partial charge on any atom is 1.00 e. The van der Waals surface area contributed by atoms with Crippen LogP contribution >= 0.6 is 0 Å². The first kappa shape index (κ1) is 13.3. The van der Waals surface area contributed by atoms with Crippen LogP contribution in [0.5, 0.6) is 5.75 Å². The van der Waals surface area contributed by atoms with Crippen molar-refractivity contribution >= 4 is 10.1 Å². The monoisotopic (exact) mass is 206 g/mol. The Balaban J connectivity index is 0. The van der Waals surface area contributed by atoms with E-state index in [0.717, 1.165) is 0 Å². The zero-order valence-corrected chi connectivity index (χ0v) is 8.83. The van der Waals surface area contributed by atoms with Crippen LogP contribution in [-0.4, -0.2) is 14.2 Å². The third-order valence-electron chi connectivity index (χ3n) is 1.29. The summed E-state index contributed by atoms with van der Waals surface area (Å²) < 4.78 is 27.0. The standard InChI is InChI=1S/C9H10O3S.Li.H/c1-2-8-13(10,11)12-9-6-4-3-5-7-9;;/h2-7H,1,8H2;;/q;+1;-1. The summed E-state index contributed by atoms with van der Waals surface area (Å²) in [4.78, 5) is 0. The van der Waals surface area contributed by atoms with Crippen molar-refractivity contribution in [3.05, 3.63) is 43.0 Å². The Hall–Kier alpha value is -0.693. The molecule has 0 aliphatic heterocycles. The van der Waals surface area contributed by atoms with Crippen LogP contribution in [0.15, 0.2) is 43.0 Å². The largest absolute Gasteiger partial charge is 1.00 e. The van der Waals surface area contributed by atoms with Gasteiger partial charge in [-0.05, 0) is 12.1 Å². The maximum atomic E-state index is 11.1. The van der Waals surface area contributed by atoms with Crippen LogP contribution in [0, 0.1) is 0 Å². The number of rotatable bonds is 4. The number of hydrogen-bond acceptors (Lipinski definition) is 3. The fourth-order valence-corrected chi connectivity index (χ4v) is 1.56. The summed E-state index contributed by atoms with van der Waals surface area (Å²) in [5.74, 6) is 0.145. The van der Waals surface area contributed by atoms with Crippen molar-refractivity contribution in [3.8, 4) is 5.75 Å². The molecular weight excluding hydrogens is 195 g/mol. The molecule has 0 fully saturated rings. The van der Waals surface area contributed by atoms with Gasteiger partial charge in [-0.1, -0.05) is 24.3 Å². The van der Waals surface area contributed by atoms with E-state index in [0.29, 0.717) is 5.75 Å². The molecule has 0 aromatic heterocycles. The maximum absolute atomic E-state index is 11.1. The summed E-state index contributed by atoms with van der Waals surface area (Å²) in [6.07, 6.45) is 1.29. The van der Waals surface area contributed by atoms with Gasteiger partial charge >= 0.3 is 29.0 Å². The molecule has 0 unspecified atom stereocenters. The average molecular weight is 206 g/mol. The summed E-state index contributed by atoms with van der Waals surface area (Å²) in [6.45, 7) is 3.33. The van der Waals surface area contributed by atoms with Gasteiger partial charge in [-0.3, -0.25) is 0 Å². The molecule has 1 aromatic rings. The van der Waals surface area contributed by atoms with E-state index in [9.17, 15) is 8.42 Å². The number of para-hydroxylation sites is 1. The van der Waals surface area contributed by atoms with E-state index in [2.05, 4.69) is 6.58 Å². The third kappa shape index (κ3) is 4.52. The Labute approximate surface area is 97.6 Å². The average Bonchev–Trinajstić information content (AvgIpc) is 2.04. The fourth-order valence-electron chi connectivity index (χ4n) is 0.801. The summed E-state index contributed by atoms with van der Waals surface area (Å²) >= 11 is 0. The van der Waals surface area contributed by atoms with Gasteiger partial charge in [0.25, 0.3) is 0 Å². The smallest absolute Gasteiger partial charge is 1.00 e. The van der Waals surface area contributed by atoms with Crippen molar-refractivity contribution in [3.63, 3.8) is 0 Å². The third-order valence-corrected chi connectivity index (χ3v) is 2.38. The van der Waals surface area contributed by atoms with Crippen molar-refractivity contribution in [2.75, 3.05) is 5.75 Å². The summed E-state index contributed by atoms with van der Waals surface area (Å²) in [5.41, 5.74) is 0. The molecule has 1 aromatic carbocycles. The first-order valence-electron chi connectivity index (χ1n) is 3.72. The second-order valence-electron chi connectivity index (χ2n) is 2.41. The van der Waals surface area contributed by atoms with Gasteiger partial charge in [0.05, 0.1) is 0 Å². The molecule has 0 aliphatic rings. The molecule has 5 heteroatoms. The summed E-state index contributed by atoms with van der Waals surface area (Å²) in [7, 11) is -3.50. The first-order chi connectivity index (χ1) is 6.14. The molecule has 0 atom stereocenters. The van der Waals surface area contributed by atoms with E-state index >= 15 is 0 Å². The predicted molar refractivity (Wildman–Crippen MR) is 52.2 cm³/mol. The number of hydrogen-bond donors (Lipinski definition) is 0. The van der Waals surface area contributed by atoms with Gasteiger partial charge in [-0.25, -0.2) is 0 Å². The predicted octanol–water partition coefficient (Wildman–Crippen LogP) is -1.30. The summed E-state index contributed by atoms with van der Waals surface area (Å²) in [5, 5.41) is 0. The van der Waals surface area contributed by atoms with Crippen molar-refractivity contribution in [1.29, 1.82) is 0 Å². The van der Waals surface area contributed by atoms with E-state index in [-0.39, 0.29) is 26.0 Å². The molecule has 0 N–H and O–H groups in total. The molecule has 1 rings (SSSR count). The minimum Gasteiger partial charge on any atom is -1.00 e. The van der Waals surface area contributed by atoms with Crippen molar-refractivity contribution in [1.82, 2.24) is 0 Å². The van der Waals surface area contributed by atoms with Crippen LogP contribution in [0.3, 0.4) is 0 Å². The molecule has 0 radical (unpaired) electrons. The molecule has 0 bridgehead atoms. The van der Waals surface area contributed by atoms with E-state index < -0.39 is 10.1 Å². The van der Waals surface area contributed by atoms with Crippen molar-refractivity contribution in [2.45, 2.75) is 0 Å². The number of benzene rings is 1. The SMILES string of the molecule is C=CCS(=O)(=O)Oc1ccccc1.[H-].[Li+]. The Morgan fingerprint density at radius 3 is 2.43 bits per heavy atom. The van der Waals surface area contributed by atoms with Gasteiger partial charge in [0.15, 0.2) is 0 Å². The Morgan fingerprint density at radius 1 is 1.36 bits per heavy atom. The molecule has 0 saturated carbocycles. The van der Waals surface area contributed by atoms with Crippen molar-refractivity contribution < 1.29 is 32.9 Å².